The minimum absolute atomic E-state index is 0. The Morgan fingerprint density at radius 3 is 2.36 bits per heavy atom. The van der Waals surface area contributed by atoms with Crippen molar-refractivity contribution in [2.75, 3.05) is 0 Å². The van der Waals surface area contributed by atoms with Gasteiger partial charge in [-0.15, -0.1) is 0 Å². The van der Waals surface area contributed by atoms with Crippen molar-refractivity contribution in [1.29, 1.82) is 0 Å². The third-order valence-corrected chi connectivity index (χ3v) is 3.76. The fourth-order valence-electron chi connectivity index (χ4n) is 0.891. The van der Waals surface area contributed by atoms with Crippen molar-refractivity contribution in [3.63, 3.8) is 0 Å². The summed E-state index contributed by atoms with van der Waals surface area (Å²) in [4.78, 5) is 4.43. The van der Waals surface area contributed by atoms with E-state index in [1.807, 2.05) is 0 Å². The molecule has 0 atom stereocenters. The van der Waals surface area contributed by atoms with Gasteiger partial charge in [-0.2, -0.15) is 0 Å². The maximum atomic E-state index is 5.91. The Morgan fingerprint density at radius 2 is 2.00 bits per heavy atom. The molecule has 0 unspecified atom stereocenters. The van der Waals surface area contributed by atoms with E-state index in [0.717, 1.165) is 9.92 Å². The van der Waals surface area contributed by atoms with E-state index in [0.29, 0.717) is 5.41 Å². The Labute approximate surface area is 97.7 Å². The van der Waals surface area contributed by atoms with Gasteiger partial charge in [-0.3, -0.25) is 0 Å². The molecule has 0 aromatic rings. The van der Waals surface area contributed by atoms with Gasteiger partial charge in [0.2, 0.25) is 0 Å². The molecule has 0 aliphatic heterocycles. The summed E-state index contributed by atoms with van der Waals surface area (Å²) >= 11 is 2.57. The van der Waals surface area contributed by atoms with E-state index < -0.39 is 0 Å². The van der Waals surface area contributed by atoms with Crippen LogP contribution >= 0.6 is 0 Å². The zero-order valence-electron chi connectivity index (χ0n) is 9.46. The summed E-state index contributed by atoms with van der Waals surface area (Å²) in [6, 6.07) is 0. The number of nitrogens with zero attached hydrogens (tertiary/aromatic N) is 1. The molecule has 0 aromatic carbocycles. The van der Waals surface area contributed by atoms with Crippen molar-refractivity contribution in [1.82, 2.24) is 0 Å². The molecular formula is C12H20NV-. The van der Waals surface area contributed by atoms with Crippen LogP contribution in [0.15, 0.2) is 10.6 Å². The first-order chi connectivity index (χ1) is 6.26. The Bertz CT molecular complexity index is 276. The Hall–Kier alpha value is -0.136. The number of hydrogen-bond donors (Lipinski definition) is 0. The third kappa shape index (κ3) is 2.93. The predicted octanol–water partition coefficient (Wildman–Crippen LogP) is 3.19. The Kier molecular flexibility index (Phi) is 3.23. The van der Waals surface area contributed by atoms with Gasteiger partial charge in [0.25, 0.3) is 0 Å². The van der Waals surface area contributed by atoms with E-state index >= 15 is 0 Å². The van der Waals surface area contributed by atoms with Crippen LogP contribution in [0.5, 0.6) is 0 Å². The van der Waals surface area contributed by atoms with Gasteiger partial charge in [0.1, 0.15) is 0 Å². The molecule has 0 bridgehead atoms. The molecule has 14 heavy (non-hydrogen) atoms. The van der Waals surface area contributed by atoms with Crippen LogP contribution in [-0.2, 0) is 17.0 Å². The molecule has 2 heteroatoms. The van der Waals surface area contributed by atoms with Gasteiger partial charge in [0, 0.05) is 1.43 Å². The summed E-state index contributed by atoms with van der Waals surface area (Å²) in [5.74, 6) is 0. The number of rotatable bonds is 3. The minimum atomic E-state index is 0. The van der Waals surface area contributed by atoms with Crippen molar-refractivity contribution < 1.29 is 18.4 Å². The third-order valence-electron chi connectivity index (χ3n) is 2.73. The van der Waals surface area contributed by atoms with Gasteiger partial charge in [0.15, 0.2) is 0 Å². The fraction of sp³-hybridized carbons (Fsp3) is 0.667. The van der Waals surface area contributed by atoms with Gasteiger partial charge in [-0.1, -0.05) is 0 Å². The van der Waals surface area contributed by atoms with Crippen molar-refractivity contribution >= 4 is 10.6 Å². The van der Waals surface area contributed by atoms with Gasteiger partial charge >= 0.3 is 96.1 Å². The molecule has 1 nitrogen and oxygen atoms in total. The summed E-state index contributed by atoms with van der Waals surface area (Å²) in [5.41, 5.74) is 1.20. The van der Waals surface area contributed by atoms with Crippen molar-refractivity contribution in [2.45, 2.75) is 40.5 Å². The summed E-state index contributed by atoms with van der Waals surface area (Å²) in [6.07, 6.45) is 4.31. The fourth-order valence-corrected chi connectivity index (χ4v) is 1.33. The van der Waals surface area contributed by atoms with E-state index in [4.69, 9.17) is 6.58 Å². The number of allylic oxidation sites excluding steroid dienone is 1. The van der Waals surface area contributed by atoms with Gasteiger partial charge in [-0.25, -0.2) is 0 Å². The van der Waals surface area contributed by atoms with E-state index in [2.05, 4.69) is 49.7 Å². The topological polar surface area (TPSA) is 12.4 Å². The molecule has 0 radical (unpaired) electrons. The molecule has 0 saturated heterocycles. The molecule has 0 spiro atoms. The Morgan fingerprint density at radius 1 is 1.50 bits per heavy atom. The summed E-state index contributed by atoms with van der Waals surface area (Å²) < 4.78 is 1.15. The molecule has 1 aliphatic rings. The quantitative estimate of drug-likeness (QED) is 0.521. The molecule has 0 heterocycles. The van der Waals surface area contributed by atoms with Gasteiger partial charge in [-0.05, 0) is 0 Å². The first-order valence-electron chi connectivity index (χ1n) is 4.99. The van der Waals surface area contributed by atoms with E-state index in [1.54, 1.807) is 6.21 Å². The monoisotopic (exact) mass is 230 g/mol. The van der Waals surface area contributed by atoms with E-state index in [-0.39, 0.29) is 6.84 Å². The second kappa shape index (κ2) is 3.79. The molecular weight excluding hydrogens is 209 g/mol. The zero-order chi connectivity index (χ0) is 11.0. The van der Waals surface area contributed by atoms with E-state index in [9.17, 15) is 0 Å². The van der Waals surface area contributed by atoms with Crippen LogP contribution in [0.1, 0.15) is 42.0 Å². The zero-order valence-corrected chi connectivity index (χ0v) is 10.9. The average molecular weight is 230 g/mol. The van der Waals surface area contributed by atoms with Crippen LogP contribution in [0, 0.1) is 17.4 Å². The van der Waals surface area contributed by atoms with Gasteiger partial charge < -0.3 is 0 Å². The average Bonchev–Trinajstić information content (AvgIpc) is 2.78. The van der Waals surface area contributed by atoms with E-state index in [1.165, 1.54) is 12.8 Å². The van der Waals surface area contributed by atoms with Crippen LogP contribution in [0.25, 0.3) is 0 Å². The van der Waals surface area contributed by atoms with Crippen molar-refractivity contribution in [3.8, 4) is 0 Å². The molecule has 1 aliphatic carbocycles. The van der Waals surface area contributed by atoms with Crippen LogP contribution in [0.4, 0.5) is 0 Å². The van der Waals surface area contributed by atoms with Gasteiger partial charge in [0.05, 0.1) is 0 Å². The predicted molar refractivity (Wildman–Crippen MR) is 60.2 cm³/mol. The summed E-state index contributed by atoms with van der Waals surface area (Å²) in [6.45, 7) is 14.4. The first-order valence-corrected chi connectivity index (χ1v) is 5.69. The molecule has 1 saturated carbocycles. The van der Waals surface area contributed by atoms with Crippen LogP contribution in [0.2, 0.25) is 0 Å². The maximum absolute atomic E-state index is 5.91. The summed E-state index contributed by atoms with van der Waals surface area (Å²) in [5, 5.41) is 0. The van der Waals surface area contributed by atoms with Crippen LogP contribution in [0.3, 0.4) is 0 Å². The van der Waals surface area contributed by atoms with Crippen LogP contribution < -0.4 is 0 Å². The second-order valence-electron chi connectivity index (χ2n) is 5.35. The first kappa shape index (κ1) is 11.9. The SMILES string of the molecule is [2HH].[CH-]=C(C=N[C](=[V])C1(C)CC1)C(C)(C)C. The summed E-state index contributed by atoms with van der Waals surface area (Å²) in [7, 11) is 0. The van der Waals surface area contributed by atoms with Crippen molar-refractivity contribution in [2.24, 2.45) is 15.8 Å². The van der Waals surface area contributed by atoms with Crippen LogP contribution in [-0.4, -0.2) is 10.6 Å². The number of aliphatic imine (C=N–C) groups is 1. The normalized spacial score (nSPS) is 19.6. The Balaban J connectivity index is 0.00000196. The molecule has 0 aromatic heterocycles. The standard InChI is InChI=1S/C12H18N.V.H2/c1-10(11(2,3)4)8-13-9-12(5)6-7-12;;/h1,8H,6-7H2,2-5H3;;1H/q-1;;/i;;1+1. The number of hydrogen-bond acceptors (Lipinski definition) is 1. The molecule has 1 fully saturated rings. The molecule has 0 amide bonds. The molecule has 0 N–H and O–H groups in total. The second-order valence-corrected chi connectivity index (χ2v) is 6.01. The molecule has 1 rings (SSSR count). The van der Waals surface area contributed by atoms with Crippen molar-refractivity contribution in [3.05, 3.63) is 12.2 Å². The molecule has 79 valence electrons.